The van der Waals surface area contributed by atoms with Gasteiger partial charge in [0.15, 0.2) is 0 Å². The summed E-state index contributed by atoms with van der Waals surface area (Å²) in [6.45, 7) is 8.40. The maximum absolute atomic E-state index is 13.6. The van der Waals surface area contributed by atoms with Crippen LogP contribution in [-0.2, 0) is 9.59 Å². The number of nitrogens with zero attached hydrogens (tertiary/aromatic N) is 1. The van der Waals surface area contributed by atoms with Crippen LogP contribution in [0.25, 0.3) is 16.7 Å². The Kier molecular flexibility index (Phi) is 6.34. The van der Waals surface area contributed by atoms with Gasteiger partial charge in [-0.1, -0.05) is 43.3 Å². The average molecular weight is 495 g/mol. The number of para-hydroxylation sites is 1. The van der Waals surface area contributed by atoms with Crippen LogP contribution in [0, 0.1) is 20.8 Å². The van der Waals surface area contributed by atoms with E-state index in [2.05, 4.69) is 4.98 Å². The molecule has 4 aromatic rings. The molecule has 1 saturated heterocycles. The summed E-state index contributed by atoms with van der Waals surface area (Å²) in [6, 6.07) is 19.8. The number of aliphatic hydroxyl groups excluding tert-OH is 1. The Bertz CT molecular complexity index is 1540. The van der Waals surface area contributed by atoms with Crippen molar-refractivity contribution in [1.29, 1.82) is 0 Å². The number of aromatic nitrogens is 1. The number of ether oxygens (including phenoxy) is 1. The van der Waals surface area contributed by atoms with Crippen LogP contribution in [0.3, 0.4) is 0 Å². The van der Waals surface area contributed by atoms with E-state index in [9.17, 15) is 14.7 Å². The van der Waals surface area contributed by atoms with E-state index in [0.29, 0.717) is 23.6 Å². The van der Waals surface area contributed by atoms with Crippen LogP contribution < -0.4 is 9.64 Å². The zero-order valence-corrected chi connectivity index (χ0v) is 21.5. The van der Waals surface area contributed by atoms with E-state index < -0.39 is 17.7 Å². The number of ketones is 1. The lowest BCUT2D eigenvalue weighted by Gasteiger charge is -2.26. The second-order valence-corrected chi connectivity index (χ2v) is 9.60. The topological polar surface area (TPSA) is 82.6 Å². The number of rotatable bonds is 6. The van der Waals surface area contributed by atoms with Crippen molar-refractivity contribution in [3.8, 4) is 5.75 Å². The summed E-state index contributed by atoms with van der Waals surface area (Å²) in [4.78, 5) is 32.2. The van der Waals surface area contributed by atoms with Crippen molar-refractivity contribution in [3.05, 3.63) is 100 Å². The van der Waals surface area contributed by atoms with Gasteiger partial charge in [0.1, 0.15) is 11.5 Å². The fourth-order valence-corrected chi connectivity index (χ4v) is 5.22. The minimum Gasteiger partial charge on any atom is -0.507 e. The van der Waals surface area contributed by atoms with Crippen LogP contribution in [-0.4, -0.2) is 28.4 Å². The van der Waals surface area contributed by atoms with E-state index in [1.807, 2.05) is 76.2 Å². The molecular weight excluding hydrogens is 464 g/mol. The van der Waals surface area contributed by atoms with Gasteiger partial charge in [-0.15, -0.1) is 0 Å². The van der Waals surface area contributed by atoms with Crippen molar-refractivity contribution in [2.45, 2.75) is 40.2 Å². The largest absolute Gasteiger partial charge is 0.507 e. The number of anilines is 1. The molecule has 1 atom stereocenters. The van der Waals surface area contributed by atoms with Crippen molar-refractivity contribution in [1.82, 2.24) is 4.98 Å². The van der Waals surface area contributed by atoms with Gasteiger partial charge in [0.2, 0.25) is 0 Å². The maximum Gasteiger partial charge on any atom is 0.300 e. The van der Waals surface area contributed by atoms with Gasteiger partial charge in [0, 0.05) is 33.4 Å². The van der Waals surface area contributed by atoms with Gasteiger partial charge in [-0.05, 0) is 68.7 Å². The quantitative estimate of drug-likeness (QED) is 0.182. The zero-order valence-electron chi connectivity index (χ0n) is 21.5. The lowest BCUT2D eigenvalue weighted by atomic mass is 9.93. The molecule has 0 saturated carbocycles. The molecule has 6 nitrogen and oxygen atoms in total. The molecule has 1 aliphatic heterocycles. The molecule has 2 N–H and O–H groups in total. The minimum absolute atomic E-state index is 0.0599. The maximum atomic E-state index is 13.6. The normalized spacial score (nSPS) is 17.1. The average Bonchev–Trinajstić information content (AvgIpc) is 3.33. The van der Waals surface area contributed by atoms with E-state index in [1.165, 1.54) is 4.90 Å². The van der Waals surface area contributed by atoms with Crippen LogP contribution >= 0.6 is 0 Å². The van der Waals surface area contributed by atoms with Crippen molar-refractivity contribution in [3.63, 3.8) is 0 Å². The molecular formula is C31H30N2O4. The number of aromatic amines is 1. The van der Waals surface area contributed by atoms with Gasteiger partial charge >= 0.3 is 0 Å². The van der Waals surface area contributed by atoms with E-state index in [-0.39, 0.29) is 11.3 Å². The molecule has 3 aromatic carbocycles. The molecule has 6 heteroatoms. The Labute approximate surface area is 216 Å². The standard InChI is InChI=1S/C31H30N2O4/c1-5-13-37-23-10-8-9-21(17-23)29(34)27-28(26-20(4)32-25-12-7-6-11-24(25)26)33(31(36)30(27)35)22-15-18(2)14-19(3)16-22/h6-12,14-17,28,32,34H,5,13H2,1-4H3/b29-27+. The smallest absolute Gasteiger partial charge is 0.300 e. The highest BCUT2D eigenvalue weighted by molar-refractivity contribution is 6.52. The number of H-pyrrole nitrogens is 1. The highest BCUT2D eigenvalue weighted by Gasteiger charge is 2.48. The first-order valence-electron chi connectivity index (χ1n) is 12.5. The van der Waals surface area contributed by atoms with Gasteiger partial charge in [0.05, 0.1) is 18.2 Å². The highest BCUT2D eigenvalue weighted by atomic mass is 16.5. The minimum atomic E-state index is -0.808. The Balaban J connectivity index is 1.77. The van der Waals surface area contributed by atoms with Gasteiger partial charge in [-0.25, -0.2) is 0 Å². The van der Waals surface area contributed by atoms with Crippen LogP contribution in [0.4, 0.5) is 5.69 Å². The van der Waals surface area contributed by atoms with E-state index in [4.69, 9.17) is 4.74 Å². The molecule has 0 radical (unpaired) electrons. The second-order valence-electron chi connectivity index (χ2n) is 9.60. The zero-order chi connectivity index (χ0) is 26.3. The van der Waals surface area contributed by atoms with Crippen molar-refractivity contribution in [2.75, 3.05) is 11.5 Å². The number of hydrogen-bond acceptors (Lipinski definition) is 4. The molecule has 0 spiro atoms. The summed E-state index contributed by atoms with van der Waals surface area (Å²) in [6.07, 6.45) is 0.844. The van der Waals surface area contributed by atoms with Crippen LogP contribution in [0.1, 0.15) is 47.3 Å². The van der Waals surface area contributed by atoms with Gasteiger partial charge in [-0.2, -0.15) is 0 Å². The predicted molar refractivity (Wildman–Crippen MR) is 146 cm³/mol. The van der Waals surface area contributed by atoms with Gasteiger partial charge in [-0.3, -0.25) is 14.5 Å². The molecule has 0 aliphatic carbocycles. The molecule has 1 fully saturated rings. The van der Waals surface area contributed by atoms with Crippen molar-refractivity contribution < 1.29 is 19.4 Å². The molecule has 2 heterocycles. The highest BCUT2D eigenvalue weighted by Crippen LogP contribution is 2.46. The first-order chi connectivity index (χ1) is 17.8. The first-order valence-corrected chi connectivity index (χ1v) is 12.5. The number of aliphatic hydroxyl groups is 1. The summed E-state index contributed by atoms with van der Waals surface area (Å²) in [7, 11) is 0. The molecule has 1 amide bonds. The monoisotopic (exact) mass is 494 g/mol. The van der Waals surface area contributed by atoms with Crippen LogP contribution in [0.15, 0.2) is 72.3 Å². The molecule has 1 aromatic heterocycles. The number of fused-ring (bicyclic) bond motifs is 1. The fraction of sp³-hybridized carbons (Fsp3) is 0.226. The lowest BCUT2D eigenvalue weighted by molar-refractivity contribution is -0.132. The summed E-state index contributed by atoms with van der Waals surface area (Å²) < 4.78 is 5.75. The number of aryl methyl sites for hydroxylation is 3. The van der Waals surface area contributed by atoms with Crippen molar-refractivity contribution >= 4 is 34.0 Å². The van der Waals surface area contributed by atoms with E-state index >= 15 is 0 Å². The number of amides is 1. The van der Waals surface area contributed by atoms with Crippen LogP contribution in [0.5, 0.6) is 5.75 Å². The number of benzene rings is 3. The van der Waals surface area contributed by atoms with Crippen LogP contribution in [0.2, 0.25) is 0 Å². The third kappa shape index (κ3) is 4.29. The second kappa shape index (κ2) is 9.62. The Hall–Kier alpha value is -4.32. The molecule has 37 heavy (non-hydrogen) atoms. The molecule has 5 rings (SSSR count). The third-order valence-electron chi connectivity index (χ3n) is 6.73. The van der Waals surface area contributed by atoms with Gasteiger partial charge < -0.3 is 14.8 Å². The van der Waals surface area contributed by atoms with Gasteiger partial charge in [0.25, 0.3) is 11.7 Å². The Morgan fingerprint density at radius 3 is 2.43 bits per heavy atom. The first kappa shape index (κ1) is 24.4. The number of carbonyl (C=O) groups excluding carboxylic acids is 2. The molecule has 1 aliphatic rings. The summed E-state index contributed by atoms with van der Waals surface area (Å²) in [5.74, 6) is -1.01. The Morgan fingerprint density at radius 2 is 1.70 bits per heavy atom. The predicted octanol–water partition coefficient (Wildman–Crippen LogP) is 6.51. The summed E-state index contributed by atoms with van der Waals surface area (Å²) in [5, 5.41) is 12.5. The molecule has 1 unspecified atom stereocenters. The third-order valence-corrected chi connectivity index (χ3v) is 6.73. The molecule has 188 valence electrons. The van der Waals surface area contributed by atoms with E-state index in [1.54, 1.807) is 18.2 Å². The van der Waals surface area contributed by atoms with Crippen molar-refractivity contribution in [2.24, 2.45) is 0 Å². The van der Waals surface area contributed by atoms with E-state index in [0.717, 1.165) is 39.7 Å². The summed E-state index contributed by atoms with van der Waals surface area (Å²) in [5.41, 5.74) is 5.57. The molecule has 0 bridgehead atoms. The number of Topliss-reactive ketones (excluding diaryl/α,β-unsaturated/α-hetero) is 1. The number of carbonyl (C=O) groups is 2. The Morgan fingerprint density at radius 1 is 0.973 bits per heavy atom. The fourth-order valence-electron chi connectivity index (χ4n) is 5.22. The SMILES string of the molecule is CCCOc1cccc(/C(O)=C2\C(=O)C(=O)N(c3cc(C)cc(C)c3)C2c2c(C)[nH]c3ccccc23)c1. The summed E-state index contributed by atoms with van der Waals surface area (Å²) >= 11 is 0. The number of hydrogen-bond donors (Lipinski definition) is 2. The number of nitrogens with one attached hydrogen (secondary N) is 1. The lowest BCUT2D eigenvalue weighted by Crippen LogP contribution is -2.29.